The number of hydrogen-bond donors (Lipinski definition) is 3. The second-order valence-corrected chi connectivity index (χ2v) is 10.8. The molecule has 4 heteroatoms. The molecule has 5 aliphatic carbocycles. The number of piperidine rings is 1. The highest BCUT2D eigenvalue weighted by Crippen LogP contribution is 2.78. The van der Waals surface area contributed by atoms with Gasteiger partial charge < -0.3 is 15.3 Å². The smallest absolute Gasteiger partial charge is 0.0746 e. The molecule has 6 rings (SSSR count). The Morgan fingerprint density at radius 3 is 2.64 bits per heavy atom. The Balaban J connectivity index is 1.62. The molecule has 0 amide bonds. The fraction of sp³-hybridized carbons (Fsp3) is 1.00. The predicted octanol–water partition coefficient (Wildman–Crippen LogP) is 1.63. The van der Waals surface area contributed by atoms with Crippen molar-refractivity contribution in [3.63, 3.8) is 0 Å². The monoisotopic (exact) mass is 347 g/mol. The van der Waals surface area contributed by atoms with Crippen molar-refractivity contribution in [2.75, 3.05) is 13.1 Å². The van der Waals surface area contributed by atoms with Gasteiger partial charge in [0.1, 0.15) is 0 Å². The van der Waals surface area contributed by atoms with Crippen LogP contribution >= 0.6 is 0 Å². The second-order valence-electron chi connectivity index (χ2n) is 10.8. The summed E-state index contributed by atoms with van der Waals surface area (Å²) in [5.41, 5.74) is -0.524. The molecule has 1 spiro atoms. The maximum absolute atomic E-state index is 11.9. The minimum absolute atomic E-state index is 0.00584. The van der Waals surface area contributed by atoms with Crippen molar-refractivity contribution < 1.29 is 15.3 Å². The standard InChI is InChI=1S/C21H33NO3/c1-3-22-10-19(2)6-5-15(23)21-12-8-11-4-7-20(25,16(12)17(11)24)13(18(21)22)9-14(19)21/h11-18,23-25H,3-10H2,1-2H3/t11-,12+,13-,14+,15-,16+,17-,18?,19-,20-,21+/m0/s1. The highest BCUT2D eigenvalue weighted by molar-refractivity contribution is 5.31. The van der Waals surface area contributed by atoms with E-state index >= 15 is 0 Å². The van der Waals surface area contributed by atoms with E-state index in [0.717, 1.165) is 51.6 Å². The fourth-order valence-corrected chi connectivity index (χ4v) is 9.79. The summed E-state index contributed by atoms with van der Waals surface area (Å²) in [6, 6.07) is 0.321. The maximum atomic E-state index is 11.9. The Kier molecular flexibility index (Phi) is 2.82. The van der Waals surface area contributed by atoms with E-state index in [4.69, 9.17) is 0 Å². The zero-order valence-electron chi connectivity index (χ0n) is 15.6. The van der Waals surface area contributed by atoms with Crippen LogP contribution in [0, 0.1) is 40.4 Å². The molecular formula is C21H33NO3. The number of hydrogen-bond acceptors (Lipinski definition) is 4. The van der Waals surface area contributed by atoms with E-state index < -0.39 is 5.60 Å². The van der Waals surface area contributed by atoms with Crippen molar-refractivity contribution in [3.05, 3.63) is 0 Å². The van der Waals surface area contributed by atoms with Crippen LogP contribution in [-0.4, -0.2) is 57.2 Å². The quantitative estimate of drug-likeness (QED) is 0.675. The van der Waals surface area contributed by atoms with Gasteiger partial charge in [-0.3, -0.25) is 4.90 Å². The zero-order valence-corrected chi connectivity index (χ0v) is 15.6. The lowest BCUT2D eigenvalue weighted by Crippen LogP contribution is -2.75. The van der Waals surface area contributed by atoms with E-state index in [-0.39, 0.29) is 34.9 Å². The van der Waals surface area contributed by atoms with Crippen molar-refractivity contribution in [2.24, 2.45) is 40.4 Å². The van der Waals surface area contributed by atoms with E-state index in [2.05, 4.69) is 18.7 Å². The van der Waals surface area contributed by atoms with Gasteiger partial charge in [0.15, 0.2) is 0 Å². The van der Waals surface area contributed by atoms with Crippen LogP contribution in [0.2, 0.25) is 0 Å². The Morgan fingerprint density at radius 1 is 1.08 bits per heavy atom. The SMILES string of the molecule is CCN1C[C@]2(C)CC[C@H](O)[C@]34C1[C@H](C[C@H]23)[C@@]1(O)CC[C@H]2C[C@@H]4[C@@H]1[C@H]2O. The third-order valence-electron chi connectivity index (χ3n) is 10.4. The summed E-state index contributed by atoms with van der Waals surface area (Å²) in [4.78, 5) is 2.63. The predicted molar refractivity (Wildman–Crippen MR) is 93.7 cm³/mol. The van der Waals surface area contributed by atoms with E-state index in [1.54, 1.807) is 0 Å². The highest BCUT2D eigenvalue weighted by atomic mass is 16.3. The molecule has 7 bridgehead atoms. The average Bonchev–Trinajstić information content (AvgIpc) is 3.00. The lowest BCUT2D eigenvalue weighted by Gasteiger charge is -2.68. The molecule has 11 atom stereocenters. The first kappa shape index (κ1) is 15.9. The van der Waals surface area contributed by atoms with Gasteiger partial charge in [-0.15, -0.1) is 0 Å². The summed E-state index contributed by atoms with van der Waals surface area (Å²) in [6.45, 7) is 6.84. The molecule has 1 aliphatic heterocycles. The third kappa shape index (κ3) is 1.44. The molecule has 25 heavy (non-hydrogen) atoms. The van der Waals surface area contributed by atoms with E-state index in [1.807, 2.05) is 0 Å². The Hall–Kier alpha value is -0.160. The van der Waals surface area contributed by atoms with Gasteiger partial charge in [0.25, 0.3) is 0 Å². The Labute approximate surface area is 150 Å². The number of rotatable bonds is 1. The second kappa shape index (κ2) is 4.45. The van der Waals surface area contributed by atoms with Crippen LogP contribution in [0.5, 0.6) is 0 Å². The highest BCUT2D eigenvalue weighted by Gasteiger charge is 2.81. The van der Waals surface area contributed by atoms with Gasteiger partial charge in [0.2, 0.25) is 0 Å². The van der Waals surface area contributed by atoms with Gasteiger partial charge >= 0.3 is 0 Å². The van der Waals surface area contributed by atoms with Crippen LogP contribution in [0.25, 0.3) is 0 Å². The lowest BCUT2D eigenvalue weighted by atomic mass is 9.43. The molecule has 5 saturated carbocycles. The van der Waals surface area contributed by atoms with Crippen LogP contribution < -0.4 is 0 Å². The first-order valence-corrected chi connectivity index (χ1v) is 10.7. The van der Waals surface area contributed by atoms with Gasteiger partial charge in [0.05, 0.1) is 17.8 Å². The van der Waals surface area contributed by atoms with Crippen LogP contribution in [0.1, 0.15) is 52.4 Å². The molecule has 0 aromatic carbocycles. The van der Waals surface area contributed by atoms with Crippen molar-refractivity contribution in [1.82, 2.24) is 4.90 Å². The average molecular weight is 347 g/mol. The number of fused-ring (bicyclic) bond motifs is 2. The van der Waals surface area contributed by atoms with Crippen molar-refractivity contribution in [1.29, 1.82) is 0 Å². The topological polar surface area (TPSA) is 63.9 Å². The van der Waals surface area contributed by atoms with Crippen LogP contribution in [0.15, 0.2) is 0 Å². The van der Waals surface area contributed by atoms with Crippen LogP contribution in [0.4, 0.5) is 0 Å². The summed E-state index contributed by atoms with van der Waals surface area (Å²) in [6.07, 6.45) is 5.34. The molecular weight excluding hydrogens is 314 g/mol. The van der Waals surface area contributed by atoms with E-state index in [0.29, 0.717) is 23.8 Å². The molecule has 1 saturated heterocycles. The Bertz CT molecular complexity index is 626. The molecule has 1 unspecified atom stereocenters. The molecule has 6 aliphatic rings. The molecule has 140 valence electrons. The maximum Gasteiger partial charge on any atom is 0.0746 e. The number of nitrogens with zero attached hydrogens (tertiary/aromatic N) is 1. The molecule has 0 aromatic rings. The fourth-order valence-electron chi connectivity index (χ4n) is 9.79. The van der Waals surface area contributed by atoms with Crippen LogP contribution in [-0.2, 0) is 0 Å². The molecule has 4 nitrogen and oxygen atoms in total. The molecule has 1 heterocycles. The van der Waals surface area contributed by atoms with E-state index in [1.165, 1.54) is 0 Å². The van der Waals surface area contributed by atoms with Crippen LogP contribution in [0.3, 0.4) is 0 Å². The van der Waals surface area contributed by atoms with Gasteiger partial charge in [-0.1, -0.05) is 13.8 Å². The van der Waals surface area contributed by atoms with Crippen molar-refractivity contribution in [2.45, 2.75) is 76.2 Å². The molecule has 0 radical (unpaired) electrons. The number of likely N-dealkylation sites (tertiary alicyclic amines) is 1. The first-order chi connectivity index (χ1) is 11.9. The summed E-state index contributed by atoms with van der Waals surface area (Å²) in [5.74, 6) is 1.42. The minimum Gasteiger partial charge on any atom is -0.392 e. The summed E-state index contributed by atoms with van der Waals surface area (Å²) >= 11 is 0. The Morgan fingerprint density at radius 2 is 1.88 bits per heavy atom. The minimum atomic E-state index is -0.706. The third-order valence-corrected chi connectivity index (χ3v) is 10.4. The van der Waals surface area contributed by atoms with E-state index in [9.17, 15) is 15.3 Å². The number of aliphatic hydroxyl groups excluding tert-OH is 2. The summed E-state index contributed by atoms with van der Waals surface area (Å²) < 4.78 is 0. The largest absolute Gasteiger partial charge is 0.392 e. The van der Waals surface area contributed by atoms with Gasteiger partial charge in [-0.05, 0) is 68.2 Å². The summed E-state index contributed by atoms with van der Waals surface area (Å²) in [5, 5.41) is 34.4. The van der Waals surface area contributed by atoms with Gasteiger partial charge in [-0.25, -0.2) is 0 Å². The summed E-state index contributed by atoms with van der Waals surface area (Å²) in [7, 11) is 0. The van der Waals surface area contributed by atoms with Crippen molar-refractivity contribution >= 4 is 0 Å². The number of aliphatic hydroxyl groups is 3. The molecule has 3 N–H and O–H groups in total. The molecule has 0 aromatic heterocycles. The first-order valence-electron chi connectivity index (χ1n) is 10.7. The van der Waals surface area contributed by atoms with Crippen molar-refractivity contribution in [3.8, 4) is 0 Å². The lowest BCUT2D eigenvalue weighted by molar-refractivity contribution is -0.260. The van der Waals surface area contributed by atoms with Gasteiger partial charge in [0, 0.05) is 29.8 Å². The van der Waals surface area contributed by atoms with Gasteiger partial charge in [-0.2, -0.15) is 0 Å². The normalized spacial score (nSPS) is 67.6. The molecule has 6 fully saturated rings. The zero-order chi connectivity index (χ0) is 17.4.